The van der Waals surface area contributed by atoms with Crippen molar-refractivity contribution < 1.29 is 0 Å². The van der Waals surface area contributed by atoms with E-state index in [1.165, 1.54) is 25.8 Å². The summed E-state index contributed by atoms with van der Waals surface area (Å²) in [5.41, 5.74) is 0. The van der Waals surface area contributed by atoms with E-state index >= 15 is 0 Å². The lowest BCUT2D eigenvalue weighted by Crippen LogP contribution is -2.32. The summed E-state index contributed by atoms with van der Waals surface area (Å²) in [6.45, 7) is 6.70. The second-order valence-electron chi connectivity index (χ2n) is 3.73. The zero-order valence-corrected chi connectivity index (χ0v) is 8.27. The van der Waals surface area contributed by atoms with Crippen molar-refractivity contribution in [2.45, 2.75) is 45.6 Å². The van der Waals surface area contributed by atoms with Gasteiger partial charge >= 0.3 is 0 Å². The lowest BCUT2D eigenvalue weighted by Gasteiger charge is -2.23. The molecule has 0 unspecified atom stereocenters. The molecule has 0 bridgehead atoms. The van der Waals surface area contributed by atoms with Crippen LogP contribution in [0.3, 0.4) is 0 Å². The third-order valence-corrected chi connectivity index (χ3v) is 2.38. The molecule has 0 saturated carbocycles. The van der Waals surface area contributed by atoms with Crippen LogP contribution in [0.1, 0.15) is 39.5 Å². The molecule has 68 valence electrons. The normalized spacial score (nSPS) is 20.6. The van der Waals surface area contributed by atoms with Gasteiger partial charge in [-0.3, -0.25) is 4.90 Å². The Kier molecular flexibility index (Phi) is 4.18. The smallest absolute Gasteiger partial charge is 0.0603 e. The molecule has 1 heteroatoms. The largest absolute Gasteiger partial charge is 0.290 e. The maximum Gasteiger partial charge on any atom is 0.0603 e. The first-order chi connectivity index (χ1) is 5.80. The highest BCUT2D eigenvalue weighted by Crippen LogP contribution is 2.05. The summed E-state index contributed by atoms with van der Waals surface area (Å²) in [5, 5.41) is 0. The monoisotopic (exact) mass is 165 g/mol. The molecule has 1 aliphatic rings. The molecule has 0 aromatic rings. The second kappa shape index (κ2) is 5.22. The van der Waals surface area contributed by atoms with Crippen LogP contribution in [0.15, 0.2) is 0 Å². The third kappa shape index (κ3) is 3.28. The van der Waals surface area contributed by atoms with Crippen LogP contribution in [0.25, 0.3) is 0 Å². The van der Waals surface area contributed by atoms with Gasteiger partial charge in [0.25, 0.3) is 0 Å². The Morgan fingerprint density at radius 1 is 1.08 bits per heavy atom. The molecule has 0 N–H and O–H groups in total. The average molecular weight is 165 g/mol. The van der Waals surface area contributed by atoms with E-state index < -0.39 is 0 Å². The minimum absolute atomic E-state index is 0.650. The molecule has 0 aliphatic carbocycles. The Morgan fingerprint density at radius 3 is 2.67 bits per heavy atom. The Balaban J connectivity index is 2.42. The van der Waals surface area contributed by atoms with Crippen molar-refractivity contribution in [2.24, 2.45) is 0 Å². The highest BCUT2D eigenvalue weighted by molar-refractivity contribution is 5.02. The molecule has 12 heavy (non-hydrogen) atoms. The molecule has 0 radical (unpaired) electrons. The van der Waals surface area contributed by atoms with Crippen LogP contribution in [0, 0.1) is 11.8 Å². The van der Waals surface area contributed by atoms with Gasteiger partial charge in [-0.2, -0.15) is 0 Å². The maximum absolute atomic E-state index is 3.23. The summed E-state index contributed by atoms with van der Waals surface area (Å²) in [6, 6.07) is 0.650. The molecule has 1 heterocycles. The van der Waals surface area contributed by atoms with E-state index in [1.54, 1.807) is 0 Å². The van der Waals surface area contributed by atoms with Gasteiger partial charge in [0.05, 0.1) is 6.54 Å². The number of rotatable bonds is 1. The molecular formula is C11H19N. The van der Waals surface area contributed by atoms with Gasteiger partial charge in [0.15, 0.2) is 0 Å². The minimum Gasteiger partial charge on any atom is -0.290 e. The van der Waals surface area contributed by atoms with Crippen molar-refractivity contribution in [1.29, 1.82) is 0 Å². The summed E-state index contributed by atoms with van der Waals surface area (Å²) in [5.74, 6) is 6.46. The van der Waals surface area contributed by atoms with Gasteiger partial charge in [0.1, 0.15) is 0 Å². The summed E-state index contributed by atoms with van der Waals surface area (Å²) < 4.78 is 0. The third-order valence-electron chi connectivity index (χ3n) is 2.38. The number of hydrogen-bond donors (Lipinski definition) is 0. The number of nitrogens with zero attached hydrogens (tertiary/aromatic N) is 1. The van der Waals surface area contributed by atoms with Crippen LogP contribution in [-0.4, -0.2) is 24.0 Å². The molecule has 0 saturated heterocycles. The maximum atomic E-state index is 3.23. The van der Waals surface area contributed by atoms with E-state index in [9.17, 15) is 0 Å². The molecule has 1 aliphatic heterocycles. The molecule has 0 spiro atoms. The Bertz CT molecular complexity index is 173. The average Bonchev–Trinajstić information content (AvgIpc) is 2.15. The summed E-state index contributed by atoms with van der Waals surface area (Å²) in [6.07, 6.45) is 5.07. The fourth-order valence-electron chi connectivity index (χ4n) is 1.47. The Morgan fingerprint density at radius 2 is 1.92 bits per heavy atom. The predicted octanol–water partition coefficient (Wildman–Crippen LogP) is 2.27. The van der Waals surface area contributed by atoms with Gasteiger partial charge in [0, 0.05) is 12.5 Å². The first-order valence-corrected chi connectivity index (χ1v) is 5.00. The van der Waals surface area contributed by atoms with Crippen molar-refractivity contribution in [3.05, 3.63) is 0 Å². The SMILES string of the molecule is CC(C)N1CC#CCCCCC1. The van der Waals surface area contributed by atoms with Crippen molar-refractivity contribution >= 4 is 0 Å². The zero-order chi connectivity index (χ0) is 8.81. The van der Waals surface area contributed by atoms with E-state index in [-0.39, 0.29) is 0 Å². The molecule has 0 aromatic carbocycles. The molecule has 0 fully saturated rings. The van der Waals surface area contributed by atoms with E-state index in [0.717, 1.165) is 13.0 Å². The van der Waals surface area contributed by atoms with Crippen LogP contribution in [0.4, 0.5) is 0 Å². The van der Waals surface area contributed by atoms with Crippen molar-refractivity contribution in [3.8, 4) is 11.8 Å². The predicted molar refractivity (Wildman–Crippen MR) is 53.0 cm³/mol. The van der Waals surface area contributed by atoms with Gasteiger partial charge in [0.2, 0.25) is 0 Å². The first-order valence-electron chi connectivity index (χ1n) is 5.00. The standard InChI is InChI=1S/C11H19N/c1-11(2)12-9-7-5-3-4-6-8-10-12/h11H,3-5,7,9-10H2,1-2H3. The van der Waals surface area contributed by atoms with Crippen LogP contribution in [0.2, 0.25) is 0 Å². The Hall–Kier alpha value is -0.480. The lowest BCUT2D eigenvalue weighted by molar-refractivity contribution is 0.245. The van der Waals surface area contributed by atoms with Gasteiger partial charge < -0.3 is 0 Å². The minimum atomic E-state index is 0.650. The lowest BCUT2D eigenvalue weighted by atomic mass is 10.2. The van der Waals surface area contributed by atoms with E-state index in [4.69, 9.17) is 0 Å². The van der Waals surface area contributed by atoms with Gasteiger partial charge in [-0.25, -0.2) is 0 Å². The second-order valence-corrected chi connectivity index (χ2v) is 3.73. The van der Waals surface area contributed by atoms with Crippen LogP contribution in [0.5, 0.6) is 0 Å². The Labute approximate surface area is 76.1 Å². The quantitative estimate of drug-likeness (QED) is 0.539. The highest BCUT2D eigenvalue weighted by atomic mass is 15.1. The van der Waals surface area contributed by atoms with Crippen LogP contribution < -0.4 is 0 Å². The molecular weight excluding hydrogens is 146 g/mol. The van der Waals surface area contributed by atoms with Crippen LogP contribution in [-0.2, 0) is 0 Å². The molecule has 1 rings (SSSR count). The first kappa shape index (κ1) is 9.61. The van der Waals surface area contributed by atoms with Crippen molar-refractivity contribution in [2.75, 3.05) is 13.1 Å². The van der Waals surface area contributed by atoms with Gasteiger partial charge in [-0.1, -0.05) is 12.3 Å². The van der Waals surface area contributed by atoms with E-state index in [2.05, 4.69) is 30.6 Å². The fourth-order valence-corrected chi connectivity index (χ4v) is 1.47. The topological polar surface area (TPSA) is 3.24 Å². The fraction of sp³-hybridized carbons (Fsp3) is 0.818. The van der Waals surface area contributed by atoms with E-state index in [1.807, 2.05) is 0 Å². The van der Waals surface area contributed by atoms with Gasteiger partial charge in [-0.05, 0) is 33.2 Å². The van der Waals surface area contributed by atoms with Crippen molar-refractivity contribution in [1.82, 2.24) is 4.90 Å². The van der Waals surface area contributed by atoms with Crippen molar-refractivity contribution in [3.63, 3.8) is 0 Å². The summed E-state index contributed by atoms with van der Waals surface area (Å²) in [4.78, 5) is 2.46. The van der Waals surface area contributed by atoms with Gasteiger partial charge in [-0.15, -0.1) is 5.92 Å². The van der Waals surface area contributed by atoms with Crippen LogP contribution >= 0.6 is 0 Å². The number of hydrogen-bond acceptors (Lipinski definition) is 1. The highest BCUT2D eigenvalue weighted by Gasteiger charge is 2.07. The molecule has 0 aromatic heterocycles. The summed E-state index contributed by atoms with van der Waals surface area (Å²) >= 11 is 0. The zero-order valence-electron chi connectivity index (χ0n) is 8.27. The molecule has 1 nitrogen and oxygen atoms in total. The van der Waals surface area contributed by atoms with E-state index in [0.29, 0.717) is 6.04 Å². The summed E-state index contributed by atoms with van der Waals surface area (Å²) in [7, 11) is 0. The molecule has 0 amide bonds. The molecule has 0 atom stereocenters.